The SMILES string of the molecule is CNC1=NCCO1. The highest BCUT2D eigenvalue weighted by Gasteiger charge is 2.00. The molecule has 0 bridgehead atoms. The summed E-state index contributed by atoms with van der Waals surface area (Å²) in [6, 6.07) is 0.667. The van der Waals surface area contributed by atoms with Gasteiger partial charge in [0.25, 0.3) is 6.02 Å². The van der Waals surface area contributed by atoms with Crippen molar-refractivity contribution in [2.45, 2.75) is 0 Å². The number of aliphatic imine (C=N–C) groups is 1. The average Bonchev–Trinajstić information content (AvgIpc) is 2.14. The molecule has 1 heterocycles. The lowest BCUT2D eigenvalue weighted by molar-refractivity contribution is 0.335. The Labute approximate surface area is 42.4 Å². The van der Waals surface area contributed by atoms with E-state index in [2.05, 4.69) is 10.3 Å². The van der Waals surface area contributed by atoms with Gasteiger partial charge in [-0.25, -0.2) is 4.99 Å². The maximum atomic E-state index is 4.94. The van der Waals surface area contributed by atoms with Gasteiger partial charge in [-0.2, -0.15) is 0 Å². The zero-order valence-electron chi connectivity index (χ0n) is 4.27. The minimum atomic E-state index is 0.667. The summed E-state index contributed by atoms with van der Waals surface area (Å²) in [5.74, 6) is 0. The molecule has 3 nitrogen and oxygen atoms in total. The predicted octanol–water partition coefficient (Wildman–Crippen LogP) is -0.408. The molecule has 0 saturated carbocycles. The Hall–Kier alpha value is -0.730. The molecule has 0 saturated heterocycles. The Bertz CT molecular complexity index is 89.7. The van der Waals surface area contributed by atoms with Crippen LogP contribution in [0.5, 0.6) is 0 Å². The number of nitrogens with zero attached hydrogens (tertiary/aromatic N) is 1. The van der Waals surface area contributed by atoms with E-state index in [0.29, 0.717) is 6.02 Å². The molecule has 0 aromatic carbocycles. The van der Waals surface area contributed by atoms with Gasteiger partial charge >= 0.3 is 0 Å². The lowest BCUT2D eigenvalue weighted by Crippen LogP contribution is -2.17. The Morgan fingerprint density at radius 2 is 2.71 bits per heavy atom. The second-order valence-corrected chi connectivity index (χ2v) is 1.29. The molecule has 1 N–H and O–H groups in total. The third-order valence-corrected chi connectivity index (χ3v) is 0.799. The quantitative estimate of drug-likeness (QED) is 0.449. The molecular formula is C4H8N2O. The van der Waals surface area contributed by atoms with Gasteiger partial charge in [0.2, 0.25) is 0 Å². The molecule has 1 aliphatic rings. The summed E-state index contributed by atoms with van der Waals surface area (Å²) in [5, 5.41) is 2.79. The molecule has 0 unspecified atom stereocenters. The molecule has 0 amide bonds. The van der Waals surface area contributed by atoms with Crippen molar-refractivity contribution in [2.75, 3.05) is 20.2 Å². The van der Waals surface area contributed by atoms with E-state index in [-0.39, 0.29) is 0 Å². The second kappa shape index (κ2) is 1.82. The van der Waals surface area contributed by atoms with Crippen LogP contribution in [-0.2, 0) is 4.74 Å². The second-order valence-electron chi connectivity index (χ2n) is 1.29. The molecule has 40 valence electrons. The number of hydrogen-bond acceptors (Lipinski definition) is 3. The number of rotatable bonds is 0. The molecule has 0 radical (unpaired) electrons. The largest absolute Gasteiger partial charge is 0.463 e. The van der Waals surface area contributed by atoms with Crippen molar-refractivity contribution in [1.82, 2.24) is 5.32 Å². The molecule has 7 heavy (non-hydrogen) atoms. The van der Waals surface area contributed by atoms with Gasteiger partial charge in [0.15, 0.2) is 0 Å². The summed E-state index contributed by atoms with van der Waals surface area (Å²) in [4.78, 5) is 3.94. The van der Waals surface area contributed by atoms with Crippen LogP contribution in [0.4, 0.5) is 0 Å². The van der Waals surface area contributed by atoms with Crippen LogP contribution in [0.25, 0.3) is 0 Å². The Balaban J connectivity index is 2.36. The topological polar surface area (TPSA) is 33.6 Å². The lowest BCUT2D eigenvalue weighted by atomic mass is 10.8. The first-order chi connectivity index (χ1) is 3.43. The minimum Gasteiger partial charge on any atom is -0.463 e. The Morgan fingerprint density at radius 1 is 1.86 bits per heavy atom. The predicted molar refractivity (Wildman–Crippen MR) is 27.3 cm³/mol. The Morgan fingerprint density at radius 3 is 3.00 bits per heavy atom. The Kier molecular flexibility index (Phi) is 1.15. The van der Waals surface area contributed by atoms with Gasteiger partial charge in [-0.15, -0.1) is 0 Å². The average molecular weight is 100 g/mol. The van der Waals surface area contributed by atoms with Crippen LogP contribution in [0.2, 0.25) is 0 Å². The highest BCUT2D eigenvalue weighted by molar-refractivity contribution is 5.74. The molecule has 0 fully saturated rings. The van der Waals surface area contributed by atoms with E-state index >= 15 is 0 Å². The summed E-state index contributed by atoms with van der Waals surface area (Å²) in [5.41, 5.74) is 0. The maximum absolute atomic E-state index is 4.94. The normalized spacial score (nSPS) is 18.1. The van der Waals surface area contributed by atoms with Crippen LogP contribution in [0, 0.1) is 0 Å². The van der Waals surface area contributed by atoms with E-state index in [1.165, 1.54) is 0 Å². The molecule has 1 aliphatic heterocycles. The summed E-state index contributed by atoms with van der Waals surface area (Å²) in [7, 11) is 1.80. The summed E-state index contributed by atoms with van der Waals surface area (Å²) in [6.45, 7) is 1.53. The highest BCUT2D eigenvalue weighted by atomic mass is 16.5. The van der Waals surface area contributed by atoms with Crippen LogP contribution >= 0.6 is 0 Å². The van der Waals surface area contributed by atoms with Crippen LogP contribution in [0.3, 0.4) is 0 Å². The van der Waals surface area contributed by atoms with Crippen LogP contribution in [-0.4, -0.2) is 26.2 Å². The third-order valence-electron chi connectivity index (χ3n) is 0.799. The standard InChI is InChI=1S/C4H8N2O/c1-5-4-6-2-3-7-4/h2-3H2,1H3,(H,5,6). The van der Waals surface area contributed by atoms with Gasteiger partial charge in [0.1, 0.15) is 6.61 Å². The smallest absolute Gasteiger partial charge is 0.284 e. The summed E-state index contributed by atoms with van der Waals surface area (Å²) < 4.78 is 4.94. The van der Waals surface area contributed by atoms with Crippen LogP contribution in [0.1, 0.15) is 0 Å². The van der Waals surface area contributed by atoms with E-state index in [1.54, 1.807) is 7.05 Å². The fourth-order valence-corrected chi connectivity index (χ4v) is 0.486. The van der Waals surface area contributed by atoms with Crippen molar-refractivity contribution in [3.05, 3.63) is 0 Å². The van der Waals surface area contributed by atoms with Crippen molar-refractivity contribution >= 4 is 6.02 Å². The van der Waals surface area contributed by atoms with Crippen molar-refractivity contribution in [3.63, 3.8) is 0 Å². The fourth-order valence-electron chi connectivity index (χ4n) is 0.486. The molecule has 0 aromatic rings. The fraction of sp³-hybridized carbons (Fsp3) is 0.750. The summed E-state index contributed by atoms with van der Waals surface area (Å²) in [6.07, 6.45) is 0. The van der Waals surface area contributed by atoms with Crippen molar-refractivity contribution in [1.29, 1.82) is 0 Å². The molecule has 3 heteroatoms. The van der Waals surface area contributed by atoms with Crippen molar-refractivity contribution in [2.24, 2.45) is 4.99 Å². The van der Waals surface area contributed by atoms with Gasteiger partial charge in [-0.1, -0.05) is 0 Å². The first-order valence-corrected chi connectivity index (χ1v) is 2.28. The van der Waals surface area contributed by atoms with Gasteiger partial charge in [0, 0.05) is 7.05 Å². The van der Waals surface area contributed by atoms with Crippen molar-refractivity contribution < 1.29 is 4.74 Å². The van der Waals surface area contributed by atoms with Crippen LogP contribution < -0.4 is 5.32 Å². The van der Waals surface area contributed by atoms with E-state index < -0.39 is 0 Å². The third kappa shape index (κ3) is 0.824. The van der Waals surface area contributed by atoms with E-state index in [1.807, 2.05) is 0 Å². The first-order valence-electron chi connectivity index (χ1n) is 2.28. The monoisotopic (exact) mass is 100 g/mol. The molecule has 0 aromatic heterocycles. The molecule has 0 atom stereocenters. The molecule has 1 rings (SSSR count). The number of hydrogen-bond donors (Lipinski definition) is 1. The molecular weight excluding hydrogens is 92.1 g/mol. The number of amidine groups is 1. The zero-order valence-corrected chi connectivity index (χ0v) is 4.27. The zero-order chi connectivity index (χ0) is 5.11. The van der Waals surface area contributed by atoms with Gasteiger partial charge in [-0.05, 0) is 0 Å². The minimum absolute atomic E-state index is 0.667. The van der Waals surface area contributed by atoms with E-state index in [4.69, 9.17) is 4.74 Å². The van der Waals surface area contributed by atoms with Gasteiger partial charge in [0.05, 0.1) is 6.54 Å². The summed E-state index contributed by atoms with van der Waals surface area (Å²) >= 11 is 0. The molecule has 0 aliphatic carbocycles. The van der Waals surface area contributed by atoms with Gasteiger partial charge < -0.3 is 10.1 Å². The van der Waals surface area contributed by atoms with Gasteiger partial charge in [-0.3, -0.25) is 0 Å². The van der Waals surface area contributed by atoms with Crippen molar-refractivity contribution in [3.8, 4) is 0 Å². The first kappa shape index (κ1) is 4.43. The number of ether oxygens (including phenoxy) is 1. The van der Waals surface area contributed by atoms with Crippen LogP contribution in [0.15, 0.2) is 4.99 Å². The lowest BCUT2D eigenvalue weighted by Gasteiger charge is -1.94. The molecule has 0 spiro atoms. The number of nitrogens with one attached hydrogen (secondary N) is 1. The van der Waals surface area contributed by atoms with E-state index in [9.17, 15) is 0 Å². The van der Waals surface area contributed by atoms with E-state index in [0.717, 1.165) is 13.2 Å². The maximum Gasteiger partial charge on any atom is 0.284 e. The highest BCUT2D eigenvalue weighted by Crippen LogP contribution is 1.87.